The molecule has 0 spiro atoms. The van der Waals surface area contributed by atoms with Crippen molar-refractivity contribution in [2.24, 2.45) is 0 Å². The predicted molar refractivity (Wildman–Crippen MR) is 39.4 cm³/mol. The molecule has 0 aliphatic heterocycles. The van der Waals surface area contributed by atoms with Crippen molar-refractivity contribution in [3.05, 3.63) is 24.5 Å². The summed E-state index contributed by atoms with van der Waals surface area (Å²) in [4.78, 5) is 10.6. The number of hydrogen-bond donors (Lipinski definition) is 0. The molecule has 0 aliphatic rings. The fraction of sp³-hybridized carbons (Fsp3) is 0.167. The summed E-state index contributed by atoms with van der Waals surface area (Å²) in [6, 6.07) is 3.73. The fourth-order valence-electron chi connectivity index (χ4n) is 0.689. The quantitative estimate of drug-likeness (QED) is 0.554. The van der Waals surface area contributed by atoms with Gasteiger partial charge in [0.15, 0.2) is 0 Å². The summed E-state index contributed by atoms with van der Waals surface area (Å²) >= 11 is 0. The molecule has 1 aromatic heterocycles. The Hall–Kier alpha value is -1.19. The van der Waals surface area contributed by atoms with Crippen molar-refractivity contribution in [1.29, 1.82) is 0 Å². The Morgan fingerprint density at radius 1 is 1.50 bits per heavy atom. The molecule has 0 aromatic carbocycles. The number of methoxy groups -OCH3 is 1. The lowest BCUT2D eigenvalue weighted by molar-refractivity contribution is 0.197. The van der Waals surface area contributed by atoms with Crippen molar-refractivity contribution in [3.8, 4) is 0 Å². The van der Waals surface area contributed by atoms with Crippen molar-refractivity contribution in [3.63, 3.8) is 0 Å². The van der Waals surface area contributed by atoms with Crippen LogP contribution >= 0.6 is 0 Å². The molecule has 0 saturated heterocycles. The van der Waals surface area contributed by atoms with Crippen LogP contribution in [0.2, 0.25) is 0 Å². The van der Waals surface area contributed by atoms with Crippen LogP contribution in [0.5, 0.6) is 0 Å². The third-order valence-electron chi connectivity index (χ3n) is 1.21. The minimum Gasteiger partial charge on any atom is -0.475 e. The van der Waals surface area contributed by atoms with E-state index in [1.807, 2.05) is 24.5 Å². The molecule has 0 N–H and O–H groups in total. The van der Waals surface area contributed by atoms with Gasteiger partial charge in [0.2, 0.25) is 0 Å². The highest BCUT2D eigenvalue weighted by atomic mass is 16.5. The van der Waals surface area contributed by atoms with Crippen molar-refractivity contribution in [1.82, 2.24) is 4.48 Å². The van der Waals surface area contributed by atoms with Gasteiger partial charge in [0.05, 0.1) is 7.11 Å². The van der Waals surface area contributed by atoms with Gasteiger partial charge in [-0.25, -0.2) is 0 Å². The Morgan fingerprint density at radius 3 is 2.60 bits per heavy atom. The Balaban J connectivity index is 2.48. The zero-order chi connectivity index (χ0) is 7.40. The smallest absolute Gasteiger partial charge is 0.374 e. The third kappa shape index (κ3) is 1.65. The van der Waals surface area contributed by atoms with Crippen LogP contribution in [0, 0.1) is 0 Å². The molecule has 4 heteroatoms. The summed E-state index contributed by atoms with van der Waals surface area (Å²) in [6.07, 6.45) is 3.63. The van der Waals surface area contributed by atoms with E-state index in [1.54, 1.807) is 4.48 Å². The Morgan fingerprint density at radius 2 is 2.10 bits per heavy atom. The molecule has 0 bridgehead atoms. The monoisotopic (exact) mass is 137 g/mol. The van der Waals surface area contributed by atoms with Gasteiger partial charge in [-0.15, -0.1) is 0 Å². The van der Waals surface area contributed by atoms with E-state index in [-0.39, 0.29) is 5.87 Å². The number of rotatable bonds is 2. The SMILES string of the molecule is COC(=O)Bn1cccc1. The second kappa shape index (κ2) is 3.10. The molecule has 0 atom stereocenters. The van der Waals surface area contributed by atoms with Gasteiger partial charge in [0.1, 0.15) is 0 Å². The maximum absolute atomic E-state index is 10.6. The predicted octanol–water partition coefficient (Wildman–Crippen LogP) is 0.454. The normalized spacial score (nSPS) is 8.90. The molecule has 0 aliphatic carbocycles. The van der Waals surface area contributed by atoms with Crippen LogP contribution < -0.4 is 0 Å². The molecular weight excluding hydrogens is 129 g/mol. The highest BCUT2D eigenvalue weighted by Crippen LogP contribution is 1.86. The molecule has 0 unspecified atom stereocenters. The molecule has 0 amide bonds. The summed E-state index contributed by atoms with van der Waals surface area (Å²) in [6.45, 7) is 0. The van der Waals surface area contributed by atoms with Gasteiger partial charge < -0.3 is 9.21 Å². The largest absolute Gasteiger partial charge is 0.475 e. The van der Waals surface area contributed by atoms with Gasteiger partial charge >= 0.3 is 7.41 Å². The lowest BCUT2D eigenvalue weighted by Gasteiger charge is -1.96. The molecule has 0 saturated carbocycles. The van der Waals surface area contributed by atoms with Crippen LogP contribution in [-0.4, -0.2) is 24.9 Å². The van der Waals surface area contributed by atoms with Crippen LogP contribution in [0.15, 0.2) is 24.5 Å². The van der Waals surface area contributed by atoms with Crippen molar-refractivity contribution >= 4 is 13.3 Å². The average Bonchev–Trinajstić information content (AvgIpc) is 2.40. The number of nitrogens with zero attached hydrogens (tertiary/aromatic N) is 1. The lowest BCUT2D eigenvalue weighted by atomic mass is 9.95. The van der Waals surface area contributed by atoms with E-state index in [1.165, 1.54) is 7.11 Å². The summed E-state index contributed by atoms with van der Waals surface area (Å²) in [5, 5.41) is 0. The highest BCUT2D eigenvalue weighted by Gasteiger charge is 2.02. The van der Waals surface area contributed by atoms with Gasteiger partial charge in [0.25, 0.3) is 5.87 Å². The molecule has 1 aromatic rings. The first-order valence-corrected chi connectivity index (χ1v) is 3.00. The summed E-state index contributed by atoms with van der Waals surface area (Å²) in [5.74, 6) is -0.226. The topological polar surface area (TPSA) is 31.2 Å². The van der Waals surface area contributed by atoms with Crippen LogP contribution in [-0.2, 0) is 4.74 Å². The van der Waals surface area contributed by atoms with Crippen LogP contribution in [0.1, 0.15) is 0 Å². The first-order valence-electron chi connectivity index (χ1n) is 3.00. The van der Waals surface area contributed by atoms with E-state index in [2.05, 4.69) is 4.74 Å². The van der Waals surface area contributed by atoms with Gasteiger partial charge in [-0.2, -0.15) is 0 Å². The van der Waals surface area contributed by atoms with E-state index in [9.17, 15) is 4.79 Å². The van der Waals surface area contributed by atoms with Gasteiger partial charge in [-0.1, -0.05) is 0 Å². The first-order chi connectivity index (χ1) is 4.83. The lowest BCUT2D eigenvalue weighted by Crippen LogP contribution is -2.16. The molecule has 0 radical (unpaired) electrons. The number of aromatic nitrogens is 1. The minimum absolute atomic E-state index is 0.226. The zero-order valence-corrected chi connectivity index (χ0v) is 5.78. The zero-order valence-electron chi connectivity index (χ0n) is 5.78. The van der Waals surface area contributed by atoms with Gasteiger partial charge in [-0.3, -0.25) is 4.79 Å². The second-order valence-corrected chi connectivity index (χ2v) is 1.93. The maximum atomic E-state index is 10.6. The molecule has 0 fully saturated rings. The number of hydrogen-bond acceptors (Lipinski definition) is 2. The van der Waals surface area contributed by atoms with E-state index in [4.69, 9.17) is 0 Å². The first kappa shape index (κ1) is 6.93. The van der Waals surface area contributed by atoms with Crippen LogP contribution in [0.4, 0.5) is 4.79 Å². The van der Waals surface area contributed by atoms with Crippen LogP contribution in [0.25, 0.3) is 0 Å². The van der Waals surface area contributed by atoms with Gasteiger partial charge in [0, 0.05) is 0 Å². The Bertz CT molecular complexity index is 208. The summed E-state index contributed by atoms with van der Waals surface area (Å²) < 4.78 is 6.22. The van der Waals surface area contributed by atoms with Crippen molar-refractivity contribution in [2.45, 2.75) is 0 Å². The van der Waals surface area contributed by atoms with E-state index in [0.717, 1.165) is 0 Å². The van der Waals surface area contributed by atoms with E-state index >= 15 is 0 Å². The molecule has 1 heterocycles. The highest BCUT2D eigenvalue weighted by molar-refractivity contribution is 6.70. The van der Waals surface area contributed by atoms with Crippen molar-refractivity contribution < 1.29 is 9.53 Å². The number of carbonyl (C=O) groups is 1. The molecule has 1 rings (SSSR count). The third-order valence-corrected chi connectivity index (χ3v) is 1.21. The average molecular weight is 137 g/mol. The minimum atomic E-state index is -0.226. The molecule has 10 heavy (non-hydrogen) atoms. The molecule has 52 valence electrons. The van der Waals surface area contributed by atoms with Crippen molar-refractivity contribution in [2.75, 3.05) is 7.11 Å². The fourth-order valence-corrected chi connectivity index (χ4v) is 0.689. The van der Waals surface area contributed by atoms with E-state index < -0.39 is 0 Å². The Kier molecular flexibility index (Phi) is 2.15. The molecular formula is C6H8BNO2. The second-order valence-electron chi connectivity index (χ2n) is 1.93. The van der Waals surface area contributed by atoms with E-state index in [0.29, 0.717) is 7.41 Å². The number of ether oxygens (including phenoxy) is 1. The maximum Gasteiger partial charge on any atom is 0.374 e. The standard InChI is InChI=1S/C6H8BNO2/c1-10-6(9)7-8-4-2-3-5-8/h2-5,7H,1H3. The summed E-state index contributed by atoms with van der Waals surface area (Å²) in [7, 11) is 1.68. The Labute approximate surface area is 59.9 Å². The molecule has 3 nitrogen and oxygen atoms in total. The van der Waals surface area contributed by atoms with Crippen LogP contribution in [0.3, 0.4) is 0 Å². The summed E-state index contributed by atoms with van der Waals surface area (Å²) in [5.41, 5.74) is 0. The van der Waals surface area contributed by atoms with Gasteiger partial charge in [-0.05, 0) is 24.5 Å². The number of carbonyl (C=O) groups excluding carboxylic acids is 1.